The van der Waals surface area contributed by atoms with E-state index in [9.17, 15) is 5.11 Å². The van der Waals surface area contributed by atoms with Crippen LogP contribution in [-0.2, 0) is 19.9 Å². The first-order valence-corrected chi connectivity index (χ1v) is 6.75. The SMILES string of the molecule is Cn1c(C2CC2C(C)(C)O)nc2c1CCCC2. The molecular weight excluding hydrogens is 212 g/mol. The smallest absolute Gasteiger partial charge is 0.112 e. The van der Waals surface area contributed by atoms with Gasteiger partial charge in [-0.15, -0.1) is 0 Å². The molecule has 3 nitrogen and oxygen atoms in total. The molecule has 1 aromatic rings. The third-order valence-electron chi connectivity index (χ3n) is 4.44. The Morgan fingerprint density at radius 3 is 2.59 bits per heavy atom. The van der Waals surface area contributed by atoms with E-state index in [4.69, 9.17) is 4.98 Å². The summed E-state index contributed by atoms with van der Waals surface area (Å²) in [4.78, 5) is 4.83. The second-order valence-electron chi connectivity index (χ2n) is 6.23. The Balaban J connectivity index is 1.88. The lowest BCUT2D eigenvalue weighted by Crippen LogP contribution is -2.22. The molecule has 2 aliphatic rings. The zero-order chi connectivity index (χ0) is 12.2. The number of aliphatic hydroxyl groups is 1. The molecule has 0 aromatic carbocycles. The number of imidazole rings is 1. The van der Waals surface area contributed by atoms with Crippen molar-refractivity contribution in [3.8, 4) is 0 Å². The van der Waals surface area contributed by atoms with Gasteiger partial charge in [0.05, 0.1) is 11.3 Å². The van der Waals surface area contributed by atoms with Crippen LogP contribution in [0.1, 0.15) is 56.2 Å². The Morgan fingerprint density at radius 2 is 2.00 bits per heavy atom. The van der Waals surface area contributed by atoms with E-state index in [1.54, 1.807) is 0 Å². The fourth-order valence-corrected chi connectivity index (χ4v) is 3.30. The van der Waals surface area contributed by atoms with E-state index in [0.717, 1.165) is 12.8 Å². The summed E-state index contributed by atoms with van der Waals surface area (Å²) in [5.74, 6) is 2.08. The largest absolute Gasteiger partial charge is 0.390 e. The molecule has 2 unspecified atom stereocenters. The zero-order valence-corrected chi connectivity index (χ0v) is 11.0. The minimum absolute atomic E-state index is 0.394. The molecule has 1 heterocycles. The summed E-state index contributed by atoms with van der Waals surface area (Å²) in [5.41, 5.74) is 2.19. The van der Waals surface area contributed by atoms with Crippen molar-refractivity contribution in [2.24, 2.45) is 13.0 Å². The Bertz CT molecular complexity index is 442. The van der Waals surface area contributed by atoms with Gasteiger partial charge in [0.25, 0.3) is 0 Å². The van der Waals surface area contributed by atoms with Crippen LogP contribution in [0.4, 0.5) is 0 Å². The Hall–Kier alpha value is -0.830. The highest BCUT2D eigenvalue weighted by atomic mass is 16.3. The monoisotopic (exact) mass is 234 g/mol. The highest BCUT2D eigenvalue weighted by molar-refractivity contribution is 5.25. The van der Waals surface area contributed by atoms with Gasteiger partial charge in [-0.1, -0.05) is 0 Å². The Morgan fingerprint density at radius 1 is 1.29 bits per heavy atom. The summed E-state index contributed by atoms with van der Waals surface area (Å²) in [5, 5.41) is 10.0. The lowest BCUT2D eigenvalue weighted by Gasteiger charge is -2.16. The zero-order valence-electron chi connectivity index (χ0n) is 11.0. The topological polar surface area (TPSA) is 38.0 Å². The van der Waals surface area contributed by atoms with E-state index in [1.807, 2.05) is 13.8 Å². The predicted molar refractivity (Wildman–Crippen MR) is 67.0 cm³/mol. The lowest BCUT2D eigenvalue weighted by molar-refractivity contribution is 0.0542. The maximum absolute atomic E-state index is 10.0. The van der Waals surface area contributed by atoms with Crippen molar-refractivity contribution in [1.82, 2.24) is 9.55 Å². The standard InChI is InChI=1S/C14H22N2O/c1-14(2,17)10-8-9(10)13-15-11-6-4-5-7-12(11)16(13)3/h9-10,17H,4-8H2,1-3H3. The highest BCUT2D eigenvalue weighted by Gasteiger charge is 2.50. The van der Waals surface area contributed by atoms with Crippen LogP contribution in [0, 0.1) is 5.92 Å². The summed E-state index contributed by atoms with van der Waals surface area (Å²) < 4.78 is 2.30. The number of hydrogen-bond donors (Lipinski definition) is 1. The van der Waals surface area contributed by atoms with Crippen LogP contribution in [0.5, 0.6) is 0 Å². The number of hydrogen-bond acceptors (Lipinski definition) is 2. The average molecular weight is 234 g/mol. The van der Waals surface area contributed by atoms with Crippen LogP contribution in [0.3, 0.4) is 0 Å². The van der Waals surface area contributed by atoms with Gasteiger partial charge in [-0.05, 0) is 51.9 Å². The van der Waals surface area contributed by atoms with E-state index in [1.165, 1.54) is 36.5 Å². The number of aromatic nitrogens is 2. The number of aryl methyl sites for hydroxylation is 1. The lowest BCUT2D eigenvalue weighted by atomic mass is 10.0. The normalized spacial score (nSPS) is 28.0. The molecule has 2 aliphatic carbocycles. The van der Waals surface area contributed by atoms with Gasteiger partial charge in [0, 0.05) is 18.7 Å². The molecule has 1 aromatic heterocycles. The minimum Gasteiger partial charge on any atom is -0.390 e. The summed E-state index contributed by atoms with van der Waals surface area (Å²) in [6.45, 7) is 3.83. The number of rotatable bonds is 2. The second kappa shape index (κ2) is 3.58. The summed E-state index contributed by atoms with van der Waals surface area (Å²) in [6.07, 6.45) is 5.99. The summed E-state index contributed by atoms with van der Waals surface area (Å²) in [6, 6.07) is 0. The first-order chi connectivity index (χ1) is 7.98. The van der Waals surface area contributed by atoms with Crippen molar-refractivity contribution < 1.29 is 5.11 Å². The van der Waals surface area contributed by atoms with Gasteiger partial charge in [-0.2, -0.15) is 0 Å². The van der Waals surface area contributed by atoms with Gasteiger partial charge in [-0.3, -0.25) is 0 Å². The molecular formula is C14H22N2O. The van der Waals surface area contributed by atoms with E-state index in [-0.39, 0.29) is 0 Å². The summed E-state index contributed by atoms with van der Waals surface area (Å²) >= 11 is 0. The predicted octanol–water partition coefficient (Wildman–Crippen LogP) is 2.17. The molecule has 0 radical (unpaired) electrons. The van der Waals surface area contributed by atoms with Crippen molar-refractivity contribution in [2.45, 2.75) is 57.5 Å². The maximum Gasteiger partial charge on any atom is 0.112 e. The molecule has 1 N–H and O–H groups in total. The molecule has 1 fully saturated rings. The summed E-state index contributed by atoms with van der Waals surface area (Å²) in [7, 11) is 2.15. The van der Waals surface area contributed by atoms with Crippen LogP contribution in [0.25, 0.3) is 0 Å². The molecule has 0 saturated heterocycles. The van der Waals surface area contributed by atoms with Crippen molar-refractivity contribution >= 4 is 0 Å². The van der Waals surface area contributed by atoms with Crippen molar-refractivity contribution in [1.29, 1.82) is 0 Å². The molecule has 3 rings (SSSR count). The first kappa shape index (κ1) is 11.3. The van der Waals surface area contributed by atoms with Crippen molar-refractivity contribution in [2.75, 3.05) is 0 Å². The molecule has 3 heteroatoms. The fourth-order valence-electron chi connectivity index (χ4n) is 3.30. The Kier molecular flexibility index (Phi) is 2.37. The molecule has 0 spiro atoms. The highest BCUT2D eigenvalue weighted by Crippen LogP contribution is 2.53. The van der Waals surface area contributed by atoms with Crippen LogP contribution < -0.4 is 0 Å². The van der Waals surface area contributed by atoms with Crippen molar-refractivity contribution in [3.05, 3.63) is 17.2 Å². The van der Waals surface area contributed by atoms with E-state index >= 15 is 0 Å². The minimum atomic E-state index is -0.558. The maximum atomic E-state index is 10.0. The molecule has 94 valence electrons. The molecule has 0 amide bonds. The van der Waals surface area contributed by atoms with Crippen LogP contribution >= 0.6 is 0 Å². The van der Waals surface area contributed by atoms with Gasteiger partial charge in [0.15, 0.2) is 0 Å². The molecule has 0 aliphatic heterocycles. The van der Waals surface area contributed by atoms with Gasteiger partial charge >= 0.3 is 0 Å². The first-order valence-electron chi connectivity index (χ1n) is 6.75. The van der Waals surface area contributed by atoms with Crippen molar-refractivity contribution in [3.63, 3.8) is 0 Å². The van der Waals surface area contributed by atoms with Gasteiger partial charge in [0.2, 0.25) is 0 Å². The van der Waals surface area contributed by atoms with E-state index in [0.29, 0.717) is 11.8 Å². The van der Waals surface area contributed by atoms with E-state index < -0.39 is 5.60 Å². The van der Waals surface area contributed by atoms with Crippen LogP contribution in [0.2, 0.25) is 0 Å². The molecule has 17 heavy (non-hydrogen) atoms. The average Bonchev–Trinajstić information content (AvgIpc) is 3.00. The number of fused-ring (bicyclic) bond motifs is 1. The molecule has 1 saturated carbocycles. The van der Waals surface area contributed by atoms with Gasteiger partial charge in [-0.25, -0.2) is 4.98 Å². The van der Waals surface area contributed by atoms with Crippen LogP contribution in [-0.4, -0.2) is 20.3 Å². The Labute approximate surface area is 103 Å². The number of nitrogens with zero attached hydrogens (tertiary/aromatic N) is 2. The third kappa shape index (κ3) is 1.81. The molecule has 0 bridgehead atoms. The van der Waals surface area contributed by atoms with Gasteiger partial charge < -0.3 is 9.67 Å². The quantitative estimate of drug-likeness (QED) is 0.851. The van der Waals surface area contributed by atoms with Crippen LogP contribution in [0.15, 0.2) is 0 Å². The van der Waals surface area contributed by atoms with E-state index in [2.05, 4.69) is 11.6 Å². The second-order valence-corrected chi connectivity index (χ2v) is 6.23. The van der Waals surface area contributed by atoms with Gasteiger partial charge in [0.1, 0.15) is 5.82 Å². The molecule has 2 atom stereocenters. The fraction of sp³-hybridized carbons (Fsp3) is 0.786. The third-order valence-corrected chi connectivity index (χ3v) is 4.44.